The molecule has 0 bridgehead atoms. The molecule has 2 rings (SSSR count). The summed E-state index contributed by atoms with van der Waals surface area (Å²) in [5.41, 5.74) is 9.26. The van der Waals surface area contributed by atoms with Crippen LogP contribution < -0.4 is 5.73 Å². The fourth-order valence-electron chi connectivity index (χ4n) is 1.72. The lowest BCUT2D eigenvalue weighted by atomic mass is 10.0. The van der Waals surface area contributed by atoms with Crippen molar-refractivity contribution in [2.24, 2.45) is 5.73 Å². The van der Waals surface area contributed by atoms with Crippen molar-refractivity contribution in [2.75, 3.05) is 0 Å². The quantitative estimate of drug-likeness (QED) is 0.903. The summed E-state index contributed by atoms with van der Waals surface area (Å²) in [4.78, 5) is 4.25. The Morgan fingerprint density at radius 2 is 2.00 bits per heavy atom. The first-order valence-electron chi connectivity index (χ1n) is 5.58. The number of nitrogens with zero attached hydrogens (tertiary/aromatic N) is 1. The fourth-order valence-corrected chi connectivity index (χ4v) is 1.93. The Balaban J connectivity index is 2.14. The third-order valence-corrected chi connectivity index (χ3v) is 3.13. The highest BCUT2D eigenvalue weighted by Gasteiger charge is 2.09. The molecule has 1 heterocycles. The van der Waals surface area contributed by atoms with Gasteiger partial charge in [-0.2, -0.15) is 0 Å². The topological polar surface area (TPSA) is 38.9 Å². The molecule has 0 saturated heterocycles. The molecule has 0 fully saturated rings. The van der Waals surface area contributed by atoms with Crippen LogP contribution in [0.4, 0.5) is 0 Å². The van der Waals surface area contributed by atoms with Gasteiger partial charge in [0, 0.05) is 23.0 Å². The molecular weight excluding hydrogens is 232 g/mol. The Kier molecular flexibility index (Phi) is 3.77. The van der Waals surface area contributed by atoms with Crippen molar-refractivity contribution in [1.29, 1.82) is 0 Å². The fraction of sp³-hybridized carbons (Fsp3) is 0.214. The van der Waals surface area contributed by atoms with E-state index in [0.29, 0.717) is 0 Å². The van der Waals surface area contributed by atoms with E-state index in [0.717, 1.165) is 28.3 Å². The second kappa shape index (κ2) is 5.30. The van der Waals surface area contributed by atoms with E-state index in [2.05, 4.69) is 4.98 Å². The van der Waals surface area contributed by atoms with Gasteiger partial charge in [-0.05, 0) is 36.6 Å². The van der Waals surface area contributed by atoms with Crippen LogP contribution >= 0.6 is 11.6 Å². The summed E-state index contributed by atoms with van der Waals surface area (Å²) < 4.78 is 0. The maximum Gasteiger partial charge on any atom is 0.0438 e. The summed E-state index contributed by atoms with van der Waals surface area (Å²) in [6, 6.07) is 11.7. The molecule has 3 heteroatoms. The van der Waals surface area contributed by atoms with Crippen LogP contribution in [0.2, 0.25) is 5.02 Å². The first-order valence-corrected chi connectivity index (χ1v) is 5.96. The standard InChI is InChI=1S/C14H15ClN2/c1-10-6-7-12(9-17-10)14(16)8-11-4-2-3-5-13(11)15/h2-7,9,14H,8,16H2,1H3. The number of rotatable bonds is 3. The normalized spacial score (nSPS) is 12.4. The molecule has 17 heavy (non-hydrogen) atoms. The number of aromatic nitrogens is 1. The van der Waals surface area contributed by atoms with Crippen molar-refractivity contribution in [3.63, 3.8) is 0 Å². The number of pyridine rings is 1. The Morgan fingerprint density at radius 1 is 1.24 bits per heavy atom. The lowest BCUT2D eigenvalue weighted by Crippen LogP contribution is -2.13. The van der Waals surface area contributed by atoms with Gasteiger partial charge in [-0.25, -0.2) is 0 Å². The van der Waals surface area contributed by atoms with E-state index in [1.165, 1.54) is 0 Å². The molecule has 88 valence electrons. The highest BCUT2D eigenvalue weighted by molar-refractivity contribution is 6.31. The summed E-state index contributed by atoms with van der Waals surface area (Å²) >= 11 is 6.11. The number of nitrogens with two attached hydrogens (primary N) is 1. The van der Waals surface area contributed by atoms with E-state index in [1.54, 1.807) is 0 Å². The first-order chi connectivity index (χ1) is 8.16. The van der Waals surface area contributed by atoms with Gasteiger partial charge in [0.15, 0.2) is 0 Å². The molecular formula is C14H15ClN2. The Morgan fingerprint density at radius 3 is 2.65 bits per heavy atom. The molecule has 2 N–H and O–H groups in total. The molecule has 0 aliphatic heterocycles. The summed E-state index contributed by atoms with van der Waals surface area (Å²) in [5, 5.41) is 0.767. The monoisotopic (exact) mass is 246 g/mol. The van der Waals surface area contributed by atoms with Gasteiger partial charge in [-0.15, -0.1) is 0 Å². The van der Waals surface area contributed by atoms with Crippen molar-refractivity contribution < 1.29 is 0 Å². The van der Waals surface area contributed by atoms with E-state index in [4.69, 9.17) is 17.3 Å². The molecule has 0 saturated carbocycles. The van der Waals surface area contributed by atoms with Crippen LogP contribution in [0, 0.1) is 6.92 Å². The Hall–Kier alpha value is -1.38. The summed E-state index contributed by atoms with van der Waals surface area (Å²) in [6.07, 6.45) is 2.56. The molecule has 0 amide bonds. The van der Waals surface area contributed by atoms with Crippen LogP contribution in [0.5, 0.6) is 0 Å². The van der Waals surface area contributed by atoms with E-state index in [-0.39, 0.29) is 6.04 Å². The van der Waals surface area contributed by atoms with Gasteiger partial charge in [0.1, 0.15) is 0 Å². The average Bonchev–Trinajstić information content (AvgIpc) is 2.33. The summed E-state index contributed by atoms with van der Waals surface area (Å²) in [5.74, 6) is 0. The zero-order valence-corrected chi connectivity index (χ0v) is 10.5. The summed E-state index contributed by atoms with van der Waals surface area (Å²) in [6.45, 7) is 1.96. The second-order valence-electron chi connectivity index (χ2n) is 4.13. The van der Waals surface area contributed by atoms with E-state index in [1.807, 2.05) is 49.5 Å². The van der Waals surface area contributed by atoms with Crippen LogP contribution in [0.25, 0.3) is 0 Å². The van der Waals surface area contributed by atoms with Gasteiger partial charge in [-0.3, -0.25) is 4.98 Å². The van der Waals surface area contributed by atoms with Crippen LogP contribution in [0.3, 0.4) is 0 Å². The second-order valence-corrected chi connectivity index (χ2v) is 4.54. The summed E-state index contributed by atoms with van der Waals surface area (Å²) in [7, 11) is 0. The number of hydrogen-bond donors (Lipinski definition) is 1. The van der Waals surface area contributed by atoms with Crippen molar-refractivity contribution in [2.45, 2.75) is 19.4 Å². The van der Waals surface area contributed by atoms with Crippen molar-refractivity contribution >= 4 is 11.6 Å². The minimum Gasteiger partial charge on any atom is -0.324 e. The van der Waals surface area contributed by atoms with Crippen molar-refractivity contribution in [3.05, 3.63) is 64.4 Å². The minimum absolute atomic E-state index is 0.0667. The van der Waals surface area contributed by atoms with Gasteiger partial charge in [0.05, 0.1) is 0 Å². The van der Waals surface area contributed by atoms with Gasteiger partial charge in [0.25, 0.3) is 0 Å². The molecule has 0 radical (unpaired) electrons. The van der Waals surface area contributed by atoms with E-state index < -0.39 is 0 Å². The third kappa shape index (κ3) is 3.05. The molecule has 1 aromatic heterocycles. The molecule has 0 aliphatic rings. The van der Waals surface area contributed by atoms with Crippen molar-refractivity contribution in [1.82, 2.24) is 4.98 Å². The number of halogens is 1. The number of aryl methyl sites for hydroxylation is 1. The molecule has 2 aromatic rings. The maximum atomic E-state index is 6.15. The average molecular weight is 247 g/mol. The Bertz CT molecular complexity index is 494. The number of benzene rings is 1. The lowest BCUT2D eigenvalue weighted by molar-refractivity contribution is 0.717. The predicted octanol–water partition coefficient (Wildman–Crippen LogP) is 3.29. The lowest BCUT2D eigenvalue weighted by Gasteiger charge is -2.12. The molecule has 2 nitrogen and oxygen atoms in total. The molecule has 1 unspecified atom stereocenters. The molecule has 1 aromatic carbocycles. The van der Waals surface area contributed by atoms with Crippen LogP contribution in [-0.2, 0) is 6.42 Å². The molecule has 0 spiro atoms. The van der Waals surface area contributed by atoms with Gasteiger partial charge in [0.2, 0.25) is 0 Å². The zero-order valence-electron chi connectivity index (χ0n) is 9.73. The van der Waals surface area contributed by atoms with Crippen molar-refractivity contribution in [3.8, 4) is 0 Å². The van der Waals surface area contributed by atoms with Gasteiger partial charge in [-0.1, -0.05) is 35.9 Å². The van der Waals surface area contributed by atoms with Gasteiger partial charge < -0.3 is 5.73 Å². The van der Waals surface area contributed by atoms with Crippen LogP contribution in [-0.4, -0.2) is 4.98 Å². The predicted molar refractivity (Wildman–Crippen MR) is 71.1 cm³/mol. The van der Waals surface area contributed by atoms with E-state index in [9.17, 15) is 0 Å². The highest BCUT2D eigenvalue weighted by atomic mass is 35.5. The zero-order chi connectivity index (χ0) is 12.3. The van der Waals surface area contributed by atoms with Gasteiger partial charge >= 0.3 is 0 Å². The third-order valence-electron chi connectivity index (χ3n) is 2.76. The highest BCUT2D eigenvalue weighted by Crippen LogP contribution is 2.21. The van der Waals surface area contributed by atoms with Crippen LogP contribution in [0.15, 0.2) is 42.6 Å². The van der Waals surface area contributed by atoms with E-state index >= 15 is 0 Å². The first kappa shape index (κ1) is 12.1. The maximum absolute atomic E-state index is 6.15. The largest absolute Gasteiger partial charge is 0.324 e. The minimum atomic E-state index is -0.0667. The Labute approximate surface area is 106 Å². The smallest absolute Gasteiger partial charge is 0.0438 e. The SMILES string of the molecule is Cc1ccc(C(N)Cc2ccccc2Cl)cn1. The van der Waals surface area contributed by atoms with Crippen LogP contribution in [0.1, 0.15) is 22.9 Å². The molecule has 0 aliphatic carbocycles. The number of hydrogen-bond acceptors (Lipinski definition) is 2. The molecule has 1 atom stereocenters.